The van der Waals surface area contributed by atoms with Crippen LogP contribution >= 0.6 is 0 Å². The van der Waals surface area contributed by atoms with E-state index in [1.54, 1.807) is 0 Å². The number of carbonyl (C=O) groups is 4. The molecule has 13 N–H and O–H groups in total. The first-order valence-corrected chi connectivity index (χ1v) is 18.2. The zero-order valence-electron chi connectivity index (χ0n) is 31.1. The van der Waals surface area contributed by atoms with Crippen LogP contribution in [0, 0.1) is 0 Å². The third kappa shape index (κ3) is 10.5. The van der Waals surface area contributed by atoms with Crippen molar-refractivity contribution in [2.75, 3.05) is 6.61 Å². The number of aliphatic hydroxyl groups excluding tert-OH is 7. The van der Waals surface area contributed by atoms with Crippen molar-refractivity contribution in [3.05, 3.63) is 59.7 Å². The summed E-state index contributed by atoms with van der Waals surface area (Å²) in [7, 11) is 0. The quantitative estimate of drug-likeness (QED) is 0.0429. The van der Waals surface area contributed by atoms with Crippen LogP contribution < -0.4 is 4.74 Å². The number of aliphatic hydroxyl groups is 9. The van der Waals surface area contributed by atoms with Gasteiger partial charge in [0.1, 0.15) is 55.4 Å². The Kier molecular flexibility index (Phi) is 14.1. The summed E-state index contributed by atoms with van der Waals surface area (Å²) in [5, 5.41) is 133. The van der Waals surface area contributed by atoms with E-state index in [-0.39, 0.29) is 16.9 Å². The first kappa shape index (κ1) is 45.7. The van der Waals surface area contributed by atoms with Crippen molar-refractivity contribution in [2.24, 2.45) is 0 Å². The zero-order chi connectivity index (χ0) is 44.3. The fourth-order valence-corrected chi connectivity index (χ4v) is 6.72. The molecule has 2 aromatic rings. The molecule has 0 radical (unpaired) electrons. The second-order valence-electron chi connectivity index (χ2n) is 14.6. The molecule has 0 bridgehead atoms. The monoisotopic (exact) mass is 852 g/mol. The van der Waals surface area contributed by atoms with Gasteiger partial charge in [-0.05, 0) is 47.5 Å². The van der Waals surface area contributed by atoms with Gasteiger partial charge in [-0.1, -0.05) is 12.1 Å². The summed E-state index contributed by atoms with van der Waals surface area (Å²) in [6.45, 7) is -0.893. The highest BCUT2D eigenvalue weighted by Gasteiger charge is 2.53. The number of hydrogen-bond acceptors (Lipinski definition) is 21. The number of ether oxygens (including phenoxy) is 5. The molecule has 22 nitrogen and oxygen atoms in total. The maximum absolute atomic E-state index is 13.1. The normalized spacial score (nSPS) is 34.5. The second-order valence-corrected chi connectivity index (χ2v) is 14.6. The molecular weight excluding hydrogens is 808 g/mol. The maximum atomic E-state index is 13.1. The smallest absolute Gasteiger partial charge is 0.338 e. The van der Waals surface area contributed by atoms with E-state index in [1.165, 1.54) is 18.2 Å². The molecule has 2 aliphatic carbocycles. The lowest BCUT2D eigenvalue weighted by Crippen LogP contribution is -2.61. The van der Waals surface area contributed by atoms with Gasteiger partial charge in [0.15, 0.2) is 34.2 Å². The van der Waals surface area contributed by atoms with Crippen molar-refractivity contribution in [3.63, 3.8) is 0 Å². The second kappa shape index (κ2) is 18.5. The molecule has 0 aromatic heterocycles. The topological polar surface area (TPSA) is 377 Å². The predicted molar refractivity (Wildman–Crippen MR) is 194 cm³/mol. The Morgan fingerprint density at radius 1 is 0.650 bits per heavy atom. The van der Waals surface area contributed by atoms with Gasteiger partial charge in [0.25, 0.3) is 0 Å². The summed E-state index contributed by atoms with van der Waals surface area (Å²) in [5.41, 5.74) is -4.59. The summed E-state index contributed by atoms with van der Waals surface area (Å²) in [6.07, 6.45) is -18.3. The van der Waals surface area contributed by atoms with E-state index in [4.69, 9.17) is 23.7 Å². The minimum absolute atomic E-state index is 0.149. The van der Waals surface area contributed by atoms with E-state index in [9.17, 15) is 85.6 Å². The van der Waals surface area contributed by atoms with Crippen molar-refractivity contribution in [2.45, 2.75) is 104 Å². The number of benzene rings is 2. The Bertz CT molecular complexity index is 1970. The number of carboxylic acid groups (broad SMARTS) is 1. The fraction of sp³-hybridized carbons (Fsp3) is 0.474. The largest absolute Gasteiger partial charge is 0.504 e. The van der Waals surface area contributed by atoms with Gasteiger partial charge >= 0.3 is 23.9 Å². The molecule has 13 atom stereocenters. The number of esters is 3. The van der Waals surface area contributed by atoms with Gasteiger partial charge in [-0.2, -0.15) is 0 Å². The molecule has 2 aromatic carbocycles. The maximum Gasteiger partial charge on any atom is 0.338 e. The minimum atomic E-state index is -2.56. The van der Waals surface area contributed by atoms with Crippen LogP contribution in [0.3, 0.4) is 0 Å². The number of rotatable bonds is 12. The van der Waals surface area contributed by atoms with E-state index in [2.05, 4.69) is 0 Å². The van der Waals surface area contributed by atoms with E-state index >= 15 is 0 Å². The third-order valence-corrected chi connectivity index (χ3v) is 10.1. The molecule has 3 fully saturated rings. The van der Waals surface area contributed by atoms with Crippen molar-refractivity contribution in [1.29, 1.82) is 0 Å². The van der Waals surface area contributed by atoms with Gasteiger partial charge in [0.05, 0.1) is 12.2 Å². The molecule has 5 rings (SSSR count). The first-order chi connectivity index (χ1) is 28.1. The molecule has 3 aliphatic rings. The Morgan fingerprint density at radius 3 is 1.70 bits per heavy atom. The number of aliphatic carboxylic acids is 1. The van der Waals surface area contributed by atoms with Crippen LogP contribution in [0.5, 0.6) is 23.0 Å². The minimum Gasteiger partial charge on any atom is -0.504 e. The van der Waals surface area contributed by atoms with Crippen molar-refractivity contribution in [1.82, 2.24) is 0 Å². The van der Waals surface area contributed by atoms with Crippen LogP contribution in [-0.2, 0) is 38.1 Å². The molecule has 60 heavy (non-hydrogen) atoms. The highest BCUT2D eigenvalue weighted by molar-refractivity contribution is 5.88. The van der Waals surface area contributed by atoms with Gasteiger partial charge in [-0.15, -0.1) is 0 Å². The molecule has 1 saturated heterocycles. The van der Waals surface area contributed by atoms with Crippen molar-refractivity contribution in [3.8, 4) is 23.0 Å². The SMILES string of the molecule is O=C(/C=C/c1ccc(O[C@@H]2O[C@H](COC(=O)[C@]3(O)C[C@@H](O)[C@@H](O)[C@H](OC(=O)/C=C/c4ccc(O)c(O)c4)C3)[C@@H](O)[C@H](O)[C@H]2O)c(O)c1)O[C@@H]1C[C@](O)(C(=O)O)C[C@@H](O)[C@H]1O. The predicted octanol–water partition coefficient (Wildman–Crippen LogP) is -3.34. The molecular formula is C38H44O22. The first-order valence-electron chi connectivity index (χ1n) is 18.2. The number of phenols is 3. The van der Waals surface area contributed by atoms with Gasteiger partial charge < -0.3 is 90.1 Å². The lowest BCUT2D eigenvalue weighted by atomic mass is 9.79. The van der Waals surface area contributed by atoms with Gasteiger partial charge in [-0.25, -0.2) is 19.2 Å². The van der Waals surface area contributed by atoms with E-state index in [0.717, 1.165) is 42.5 Å². The summed E-state index contributed by atoms with van der Waals surface area (Å²) in [6, 6.07) is 7.16. The molecule has 328 valence electrons. The molecule has 1 aliphatic heterocycles. The van der Waals surface area contributed by atoms with Crippen LogP contribution in [0.1, 0.15) is 36.8 Å². The molecule has 0 spiro atoms. The van der Waals surface area contributed by atoms with Crippen LogP contribution in [0.15, 0.2) is 48.6 Å². The van der Waals surface area contributed by atoms with E-state index in [0.29, 0.717) is 0 Å². The molecule has 22 heteroatoms. The Labute approximate surface area is 338 Å². The summed E-state index contributed by atoms with van der Waals surface area (Å²) in [5.74, 6) is -7.12. The van der Waals surface area contributed by atoms with Gasteiger partial charge in [-0.3, -0.25) is 0 Å². The molecule has 0 unspecified atom stereocenters. The Balaban J connectivity index is 1.17. The Morgan fingerprint density at radius 2 is 1.17 bits per heavy atom. The number of hydrogen-bond donors (Lipinski definition) is 13. The van der Waals surface area contributed by atoms with Crippen molar-refractivity contribution >= 4 is 36.0 Å². The van der Waals surface area contributed by atoms with Gasteiger partial charge in [0.2, 0.25) is 6.29 Å². The number of phenolic OH excluding ortho intramolecular Hbond substituents is 3. The third-order valence-electron chi connectivity index (χ3n) is 10.1. The highest BCUT2D eigenvalue weighted by Crippen LogP contribution is 2.35. The zero-order valence-corrected chi connectivity index (χ0v) is 31.1. The number of carboxylic acids is 1. The van der Waals surface area contributed by atoms with Crippen LogP contribution in [-0.4, -0.2) is 175 Å². The van der Waals surface area contributed by atoms with Crippen LogP contribution in [0.25, 0.3) is 12.2 Å². The van der Waals surface area contributed by atoms with Crippen LogP contribution in [0.2, 0.25) is 0 Å². The summed E-state index contributed by atoms with van der Waals surface area (Å²) >= 11 is 0. The average molecular weight is 853 g/mol. The standard InChI is InChI=1S/C38H44O22/c39-18-5-1-16(9-19(18)40)3-7-28(45)58-25-14-38(55,12-22(43)30(25)47)36(53)56-15-26-31(48)32(49)33(50)34(60-26)59-23-6-2-17(10-20(23)41)4-8-27(44)57-24-13-37(54,35(51)52)11-21(42)29(24)46/h1-10,21-22,24-26,29-34,39-43,46-50,54-55H,11-15H2,(H,51,52)/b7-3+,8-4+/t21-,22-,24-,25-,26-,29-,30-,31-,32+,33-,34-,37+,38+/m1/s1. The lowest BCUT2D eigenvalue weighted by Gasteiger charge is -2.41. The van der Waals surface area contributed by atoms with Crippen molar-refractivity contribution < 1.29 is 109 Å². The number of carbonyl (C=O) groups excluding carboxylic acids is 3. The van der Waals surface area contributed by atoms with E-state index in [1.807, 2.05) is 0 Å². The van der Waals surface area contributed by atoms with Gasteiger partial charge in [0, 0.05) is 37.8 Å². The molecule has 0 amide bonds. The molecule has 1 heterocycles. The molecule has 2 saturated carbocycles. The summed E-state index contributed by atoms with van der Waals surface area (Å²) in [4.78, 5) is 49.4. The fourth-order valence-electron chi connectivity index (χ4n) is 6.72. The van der Waals surface area contributed by atoms with E-state index < -0.39 is 152 Å². The summed E-state index contributed by atoms with van der Waals surface area (Å²) < 4.78 is 26.3. The average Bonchev–Trinajstić information content (AvgIpc) is 3.18. The highest BCUT2D eigenvalue weighted by atomic mass is 16.7. The lowest BCUT2D eigenvalue weighted by molar-refractivity contribution is -0.280. The number of aromatic hydroxyl groups is 3. The van der Waals surface area contributed by atoms with Crippen LogP contribution in [0.4, 0.5) is 0 Å². The Hall–Kier alpha value is -5.40.